The SMILES string of the molecule is O=C(CS(=O)(=O)c1ncccc1Cl)N[C@H]1CCCc2ccccc21. The summed E-state index contributed by atoms with van der Waals surface area (Å²) in [6, 6.07) is 10.7. The average Bonchev–Trinajstić information content (AvgIpc) is 2.55. The Hall–Kier alpha value is -1.92. The number of carbonyl (C=O) groups is 1. The summed E-state index contributed by atoms with van der Waals surface area (Å²) >= 11 is 5.88. The molecule has 5 nitrogen and oxygen atoms in total. The van der Waals surface area contributed by atoms with Gasteiger partial charge in [-0.05, 0) is 42.5 Å². The summed E-state index contributed by atoms with van der Waals surface area (Å²) in [6.45, 7) is 0. The van der Waals surface area contributed by atoms with E-state index in [9.17, 15) is 13.2 Å². The second kappa shape index (κ2) is 6.91. The molecule has 0 aliphatic heterocycles. The minimum atomic E-state index is -3.87. The molecule has 0 saturated carbocycles. The summed E-state index contributed by atoms with van der Waals surface area (Å²) in [6.07, 6.45) is 4.08. The van der Waals surface area contributed by atoms with Gasteiger partial charge in [0.1, 0.15) is 5.75 Å². The molecule has 0 unspecified atom stereocenters. The van der Waals surface area contributed by atoms with Gasteiger partial charge in [-0.25, -0.2) is 13.4 Å². The molecule has 1 aromatic heterocycles. The fourth-order valence-electron chi connectivity index (χ4n) is 2.98. The first-order valence-corrected chi connectivity index (χ1v) is 9.71. The van der Waals surface area contributed by atoms with Gasteiger partial charge in [0.15, 0.2) is 5.03 Å². The molecular weight excluding hydrogens is 348 g/mol. The molecule has 0 bridgehead atoms. The summed E-state index contributed by atoms with van der Waals surface area (Å²) in [7, 11) is -3.87. The molecule has 0 radical (unpaired) electrons. The molecule has 7 heteroatoms. The number of nitrogens with one attached hydrogen (secondary N) is 1. The molecular formula is C17H17ClN2O3S. The van der Waals surface area contributed by atoms with Crippen LogP contribution in [0.5, 0.6) is 0 Å². The van der Waals surface area contributed by atoms with E-state index in [0.29, 0.717) is 0 Å². The van der Waals surface area contributed by atoms with Crippen LogP contribution in [0.3, 0.4) is 0 Å². The predicted molar refractivity (Wildman–Crippen MR) is 91.6 cm³/mol. The van der Waals surface area contributed by atoms with Crippen molar-refractivity contribution in [1.82, 2.24) is 10.3 Å². The van der Waals surface area contributed by atoms with Crippen LogP contribution in [0.2, 0.25) is 5.02 Å². The number of hydrogen-bond acceptors (Lipinski definition) is 4. The number of rotatable bonds is 4. The molecule has 24 heavy (non-hydrogen) atoms. The summed E-state index contributed by atoms with van der Waals surface area (Å²) in [4.78, 5) is 16.0. The molecule has 1 amide bonds. The quantitative estimate of drug-likeness (QED) is 0.904. The number of amides is 1. The number of aryl methyl sites for hydroxylation is 1. The molecule has 1 heterocycles. The molecule has 1 N–H and O–H groups in total. The van der Waals surface area contributed by atoms with Gasteiger partial charge >= 0.3 is 0 Å². The monoisotopic (exact) mass is 364 g/mol. The Balaban J connectivity index is 1.74. The summed E-state index contributed by atoms with van der Waals surface area (Å²) in [5.41, 5.74) is 2.26. The van der Waals surface area contributed by atoms with Gasteiger partial charge in [-0.2, -0.15) is 0 Å². The molecule has 2 aromatic rings. The first-order chi connectivity index (χ1) is 11.5. The minimum Gasteiger partial charge on any atom is -0.348 e. The maximum Gasteiger partial charge on any atom is 0.236 e. The lowest BCUT2D eigenvalue weighted by atomic mass is 9.88. The molecule has 0 spiro atoms. The van der Waals surface area contributed by atoms with Crippen LogP contribution >= 0.6 is 11.6 Å². The van der Waals surface area contributed by atoms with E-state index in [1.165, 1.54) is 17.8 Å². The molecule has 1 aliphatic rings. The average molecular weight is 365 g/mol. The Morgan fingerprint density at radius 3 is 2.83 bits per heavy atom. The van der Waals surface area contributed by atoms with Crippen molar-refractivity contribution in [3.63, 3.8) is 0 Å². The maximum absolute atomic E-state index is 12.3. The van der Waals surface area contributed by atoms with Crippen LogP contribution < -0.4 is 5.32 Å². The fourth-order valence-corrected chi connectivity index (χ4v) is 4.61. The summed E-state index contributed by atoms with van der Waals surface area (Å²) in [5.74, 6) is -1.21. The van der Waals surface area contributed by atoms with E-state index in [-0.39, 0.29) is 16.1 Å². The van der Waals surface area contributed by atoms with Gasteiger partial charge in [-0.3, -0.25) is 4.79 Å². The predicted octanol–water partition coefficient (Wildman–Crippen LogP) is 2.70. The third-order valence-electron chi connectivity index (χ3n) is 4.05. The Labute approximate surface area is 146 Å². The van der Waals surface area contributed by atoms with Crippen molar-refractivity contribution in [2.75, 3.05) is 5.75 Å². The molecule has 0 saturated heterocycles. The third-order valence-corrected chi connectivity index (χ3v) is 6.02. The van der Waals surface area contributed by atoms with Crippen LogP contribution in [-0.4, -0.2) is 25.1 Å². The van der Waals surface area contributed by atoms with Crippen molar-refractivity contribution in [3.8, 4) is 0 Å². The van der Waals surface area contributed by atoms with Gasteiger partial charge in [0.25, 0.3) is 0 Å². The number of benzene rings is 1. The number of carbonyl (C=O) groups excluding carboxylic acids is 1. The van der Waals surface area contributed by atoms with Crippen molar-refractivity contribution in [1.29, 1.82) is 0 Å². The Kier molecular flexibility index (Phi) is 4.87. The largest absolute Gasteiger partial charge is 0.348 e. The van der Waals surface area contributed by atoms with Crippen LogP contribution in [0.4, 0.5) is 0 Å². The smallest absolute Gasteiger partial charge is 0.236 e. The highest BCUT2D eigenvalue weighted by atomic mass is 35.5. The standard InChI is InChI=1S/C17H17ClN2O3S/c18-14-8-4-10-19-17(14)24(22,23)11-16(21)20-15-9-3-6-12-5-1-2-7-13(12)15/h1-2,4-5,7-8,10,15H,3,6,9,11H2,(H,20,21)/t15-/m0/s1. The highest BCUT2D eigenvalue weighted by molar-refractivity contribution is 7.92. The molecule has 0 fully saturated rings. The number of halogens is 1. The zero-order valence-electron chi connectivity index (χ0n) is 12.9. The number of aromatic nitrogens is 1. The van der Waals surface area contributed by atoms with Crippen LogP contribution in [-0.2, 0) is 21.1 Å². The molecule has 1 atom stereocenters. The number of sulfone groups is 1. The molecule has 1 aliphatic carbocycles. The van der Waals surface area contributed by atoms with Gasteiger partial charge in [0.05, 0.1) is 11.1 Å². The van der Waals surface area contributed by atoms with Gasteiger partial charge in [0, 0.05) is 6.20 Å². The van der Waals surface area contributed by atoms with Crippen molar-refractivity contribution < 1.29 is 13.2 Å². The van der Waals surface area contributed by atoms with Gasteiger partial charge < -0.3 is 5.32 Å². The fraction of sp³-hybridized carbons (Fsp3) is 0.294. The Bertz CT molecular complexity index is 868. The van der Waals surface area contributed by atoms with E-state index in [2.05, 4.69) is 10.3 Å². The lowest BCUT2D eigenvalue weighted by Crippen LogP contribution is -2.35. The van der Waals surface area contributed by atoms with E-state index in [1.54, 1.807) is 6.07 Å². The van der Waals surface area contributed by atoms with Crippen molar-refractivity contribution in [2.45, 2.75) is 30.3 Å². The number of fused-ring (bicyclic) bond motifs is 1. The van der Waals surface area contributed by atoms with E-state index in [0.717, 1.165) is 24.8 Å². The van der Waals surface area contributed by atoms with E-state index < -0.39 is 21.5 Å². The second-order valence-corrected chi connectivity index (χ2v) is 8.07. The lowest BCUT2D eigenvalue weighted by molar-refractivity contribution is -0.119. The highest BCUT2D eigenvalue weighted by Gasteiger charge is 2.26. The van der Waals surface area contributed by atoms with Crippen molar-refractivity contribution >= 4 is 27.3 Å². The first kappa shape index (κ1) is 16.9. The number of hydrogen-bond donors (Lipinski definition) is 1. The number of pyridine rings is 1. The van der Waals surface area contributed by atoms with Crippen molar-refractivity contribution in [3.05, 3.63) is 58.7 Å². The van der Waals surface area contributed by atoms with Gasteiger partial charge in [0.2, 0.25) is 15.7 Å². The van der Waals surface area contributed by atoms with Crippen LogP contribution in [0, 0.1) is 0 Å². The molecule has 126 valence electrons. The lowest BCUT2D eigenvalue weighted by Gasteiger charge is -2.26. The van der Waals surface area contributed by atoms with Crippen LogP contribution in [0.25, 0.3) is 0 Å². The maximum atomic E-state index is 12.3. The Morgan fingerprint density at radius 1 is 1.25 bits per heavy atom. The second-order valence-electron chi connectivity index (χ2n) is 5.76. The van der Waals surface area contributed by atoms with Crippen LogP contribution in [0.1, 0.15) is 30.0 Å². The number of nitrogens with zero attached hydrogens (tertiary/aromatic N) is 1. The van der Waals surface area contributed by atoms with Crippen molar-refractivity contribution in [2.24, 2.45) is 0 Å². The van der Waals surface area contributed by atoms with Gasteiger partial charge in [-0.15, -0.1) is 0 Å². The Morgan fingerprint density at radius 2 is 2.04 bits per heavy atom. The first-order valence-electron chi connectivity index (χ1n) is 7.68. The topological polar surface area (TPSA) is 76.1 Å². The van der Waals surface area contributed by atoms with Gasteiger partial charge in [-0.1, -0.05) is 35.9 Å². The van der Waals surface area contributed by atoms with E-state index in [1.807, 2.05) is 24.3 Å². The van der Waals surface area contributed by atoms with Crippen LogP contribution in [0.15, 0.2) is 47.6 Å². The van der Waals surface area contributed by atoms with E-state index >= 15 is 0 Å². The third kappa shape index (κ3) is 3.60. The zero-order valence-corrected chi connectivity index (χ0v) is 14.5. The molecule has 3 rings (SSSR count). The summed E-state index contributed by atoms with van der Waals surface area (Å²) < 4.78 is 24.7. The zero-order chi connectivity index (χ0) is 17.2. The molecule has 1 aromatic carbocycles. The van der Waals surface area contributed by atoms with E-state index in [4.69, 9.17) is 11.6 Å². The summed E-state index contributed by atoms with van der Waals surface area (Å²) in [5, 5.41) is 2.59. The highest BCUT2D eigenvalue weighted by Crippen LogP contribution is 2.29. The minimum absolute atomic E-state index is 0.0216. The normalized spacial score (nSPS) is 17.1.